The van der Waals surface area contributed by atoms with Crippen LogP contribution in [0.15, 0.2) is 48.5 Å². The Bertz CT molecular complexity index is 702. The molecule has 2 heteroatoms. The molecule has 0 N–H and O–H groups in total. The first kappa shape index (κ1) is 15.9. The van der Waals surface area contributed by atoms with Crippen LogP contribution in [0.3, 0.4) is 0 Å². The van der Waals surface area contributed by atoms with Crippen LogP contribution in [0.4, 0.5) is 0 Å². The van der Waals surface area contributed by atoms with Crippen LogP contribution in [0.5, 0.6) is 5.75 Å². The molecule has 2 rings (SSSR count). The van der Waals surface area contributed by atoms with Gasteiger partial charge in [-0.05, 0) is 55.3 Å². The van der Waals surface area contributed by atoms with Crippen LogP contribution < -0.4 is 4.74 Å². The van der Waals surface area contributed by atoms with E-state index in [4.69, 9.17) is 4.74 Å². The van der Waals surface area contributed by atoms with E-state index in [-0.39, 0.29) is 11.9 Å². The van der Waals surface area contributed by atoms with Crippen LogP contribution >= 0.6 is 0 Å². The molecule has 0 spiro atoms. The Hall–Kier alpha value is -2.53. The number of carbonyl (C=O) groups excluding carboxylic acids is 1. The van der Waals surface area contributed by atoms with Crippen LogP contribution in [0.2, 0.25) is 0 Å². The van der Waals surface area contributed by atoms with E-state index >= 15 is 0 Å². The Morgan fingerprint density at radius 1 is 1.09 bits per heavy atom. The first-order valence-corrected chi connectivity index (χ1v) is 7.49. The highest BCUT2D eigenvalue weighted by Crippen LogP contribution is 2.14. The molecule has 0 heterocycles. The van der Waals surface area contributed by atoms with Gasteiger partial charge in [0.05, 0.1) is 5.92 Å². The monoisotopic (exact) mass is 292 g/mol. The van der Waals surface area contributed by atoms with Crippen molar-refractivity contribution in [2.45, 2.75) is 27.2 Å². The van der Waals surface area contributed by atoms with Crippen LogP contribution in [-0.4, -0.2) is 5.97 Å². The van der Waals surface area contributed by atoms with Gasteiger partial charge in [0.15, 0.2) is 0 Å². The molecule has 112 valence electrons. The molecule has 0 saturated heterocycles. The molecule has 0 saturated carbocycles. The maximum absolute atomic E-state index is 11.7. The number of aryl methyl sites for hydroxylation is 1. The highest BCUT2D eigenvalue weighted by atomic mass is 16.5. The third kappa shape index (κ3) is 4.49. The van der Waals surface area contributed by atoms with Crippen LogP contribution in [0, 0.1) is 24.7 Å². The summed E-state index contributed by atoms with van der Waals surface area (Å²) in [6, 6.07) is 15.4. The lowest BCUT2D eigenvalue weighted by Gasteiger charge is -2.08. The van der Waals surface area contributed by atoms with Crippen molar-refractivity contribution in [3.05, 3.63) is 65.2 Å². The van der Waals surface area contributed by atoms with Crippen molar-refractivity contribution in [1.82, 2.24) is 0 Å². The molecule has 0 bridgehead atoms. The maximum atomic E-state index is 11.7. The topological polar surface area (TPSA) is 26.3 Å². The molecule has 0 aliphatic rings. The Morgan fingerprint density at radius 2 is 1.77 bits per heavy atom. The van der Waals surface area contributed by atoms with E-state index in [9.17, 15) is 4.79 Å². The van der Waals surface area contributed by atoms with Gasteiger partial charge in [-0.1, -0.05) is 37.8 Å². The second-order valence-electron chi connectivity index (χ2n) is 5.37. The molecule has 0 aliphatic carbocycles. The Labute approximate surface area is 132 Å². The minimum Gasteiger partial charge on any atom is -0.426 e. The molecule has 0 amide bonds. The van der Waals surface area contributed by atoms with Crippen LogP contribution in [0.25, 0.3) is 0 Å². The summed E-state index contributed by atoms with van der Waals surface area (Å²) in [5, 5.41) is 0. The normalized spacial score (nSPS) is 11.2. The van der Waals surface area contributed by atoms with E-state index in [1.807, 2.05) is 51.1 Å². The number of ether oxygens (including phenoxy) is 1. The van der Waals surface area contributed by atoms with Crippen LogP contribution in [-0.2, 0) is 4.79 Å². The van der Waals surface area contributed by atoms with E-state index in [0.717, 1.165) is 17.5 Å². The standard InChI is InChI=1S/C20H20O2/c1-4-16(3)20(21)22-19-12-10-17(11-13-19)8-9-18-7-5-6-15(2)14-18/h5-7,10-14,16H,4H2,1-3H3. The molecular formula is C20H20O2. The lowest BCUT2D eigenvalue weighted by atomic mass is 10.1. The van der Waals surface area contributed by atoms with Crippen molar-refractivity contribution in [2.24, 2.45) is 5.92 Å². The zero-order valence-corrected chi connectivity index (χ0v) is 13.2. The predicted molar refractivity (Wildman–Crippen MR) is 88.7 cm³/mol. The van der Waals surface area contributed by atoms with Gasteiger partial charge in [-0.25, -0.2) is 0 Å². The average Bonchev–Trinajstić information content (AvgIpc) is 2.53. The van der Waals surface area contributed by atoms with Gasteiger partial charge in [0, 0.05) is 11.1 Å². The summed E-state index contributed by atoms with van der Waals surface area (Å²) >= 11 is 0. The second kappa shape index (κ2) is 7.47. The van der Waals surface area contributed by atoms with Crippen molar-refractivity contribution < 1.29 is 9.53 Å². The summed E-state index contributed by atoms with van der Waals surface area (Å²) in [7, 11) is 0. The Kier molecular flexibility index (Phi) is 5.38. The largest absolute Gasteiger partial charge is 0.426 e. The van der Waals surface area contributed by atoms with Gasteiger partial charge >= 0.3 is 5.97 Å². The number of esters is 1. The average molecular weight is 292 g/mol. The minimum absolute atomic E-state index is 0.0826. The van der Waals surface area contributed by atoms with Crippen molar-refractivity contribution >= 4 is 5.97 Å². The summed E-state index contributed by atoms with van der Waals surface area (Å²) in [6.45, 7) is 5.88. The smallest absolute Gasteiger partial charge is 0.314 e. The number of benzene rings is 2. The lowest BCUT2D eigenvalue weighted by Crippen LogP contribution is -2.16. The van der Waals surface area contributed by atoms with Crippen molar-refractivity contribution in [3.8, 4) is 17.6 Å². The number of hydrogen-bond donors (Lipinski definition) is 0. The lowest BCUT2D eigenvalue weighted by molar-refractivity contribution is -0.138. The molecule has 2 nitrogen and oxygen atoms in total. The highest BCUT2D eigenvalue weighted by molar-refractivity contribution is 5.74. The van der Waals surface area contributed by atoms with Gasteiger partial charge in [-0.15, -0.1) is 0 Å². The molecule has 2 aromatic carbocycles. The molecule has 0 radical (unpaired) electrons. The van der Waals surface area contributed by atoms with Crippen molar-refractivity contribution in [1.29, 1.82) is 0 Å². The molecule has 1 atom stereocenters. The molecule has 0 aromatic heterocycles. The molecule has 0 aliphatic heterocycles. The number of rotatable bonds is 3. The van der Waals surface area contributed by atoms with Gasteiger partial charge in [-0.2, -0.15) is 0 Å². The summed E-state index contributed by atoms with van der Waals surface area (Å²) in [5.74, 6) is 6.53. The predicted octanol–water partition coefficient (Wildman–Crippen LogP) is 4.35. The third-order valence-electron chi connectivity index (χ3n) is 3.46. The Morgan fingerprint density at radius 3 is 2.41 bits per heavy atom. The first-order chi connectivity index (χ1) is 10.6. The maximum Gasteiger partial charge on any atom is 0.314 e. The molecule has 1 unspecified atom stereocenters. The zero-order valence-electron chi connectivity index (χ0n) is 13.2. The number of hydrogen-bond acceptors (Lipinski definition) is 2. The van der Waals surface area contributed by atoms with Crippen molar-refractivity contribution in [2.75, 3.05) is 0 Å². The fourth-order valence-electron chi connectivity index (χ4n) is 1.86. The van der Waals surface area contributed by atoms with E-state index < -0.39 is 0 Å². The van der Waals surface area contributed by atoms with E-state index in [0.29, 0.717) is 5.75 Å². The van der Waals surface area contributed by atoms with E-state index in [2.05, 4.69) is 17.9 Å². The number of carbonyl (C=O) groups is 1. The fourth-order valence-corrected chi connectivity index (χ4v) is 1.86. The molecule has 2 aromatic rings. The summed E-state index contributed by atoms with van der Waals surface area (Å²) in [5.41, 5.74) is 3.08. The van der Waals surface area contributed by atoms with Crippen molar-refractivity contribution in [3.63, 3.8) is 0 Å². The molecule has 0 fully saturated rings. The van der Waals surface area contributed by atoms with Gasteiger partial charge in [0.1, 0.15) is 5.75 Å². The second-order valence-corrected chi connectivity index (χ2v) is 5.37. The van der Waals surface area contributed by atoms with E-state index in [1.54, 1.807) is 12.1 Å². The van der Waals surface area contributed by atoms with Gasteiger partial charge < -0.3 is 4.74 Å². The first-order valence-electron chi connectivity index (χ1n) is 7.49. The SMILES string of the molecule is CCC(C)C(=O)Oc1ccc(C#Cc2cccc(C)c2)cc1. The van der Waals surface area contributed by atoms with Crippen LogP contribution in [0.1, 0.15) is 37.0 Å². The third-order valence-corrected chi connectivity index (χ3v) is 3.46. The van der Waals surface area contributed by atoms with Gasteiger partial charge in [0.25, 0.3) is 0 Å². The minimum atomic E-state index is -0.193. The van der Waals surface area contributed by atoms with Gasteiger partial charge in [0.2, 0.25) is 0 Å². The summed E-state index contributed by atoms with van der Waals surface area (Å²) in [4.78, 5) is 11.7. The molecule has 22 heavy (non-hydrogen) atoms. The van der Waals surface area contributed by atoms with Gasteiger partial charge in [-0.3, -0.25) is 4.79 Å². The quantitative estimate of drug-likeness (QED) is 0.478. The van der Waals surface area contributed by atoms with E-state index in [1.165, 1.54) is 5.56 Å². The Balaban J connectivity index is 2.05. The highest BCUT2D eigenvalue weighted by Gasteiger charge is 2.12. The zero-order chi connectivity index (χ0) is 15.9. The fraction of sp³-hybridized carbons (Fsp3) is 0.250. The summed E-state index contributed by atoms with van der Waals surface area (Å²) < 4.78 is 5.31. The molecular weight excluding hydrogens is 272 g/mol. The summed E-state index contributed by atoms with van der Waals surface area (Å²) in [6.07, 6.45) is 0.777.